The fourth-order valence-electron chi connectivity index (χ4n) is 1.25. The van der Waals surface area contributed by atoms with E-state index in [-0.39, 0.29) is 5.63 Å². The fraction of sp³-hybridized carbons (Fsp3) is 0.100. The molecule has 14 heavy (non-hydrogen) atoms. The maximum atomic E-state index is 10.9. The van der Waals surface area contributed by atoms with Crippen LogP contribution in [0.3, 0.4) is 0 Å². The van der Waals surface area contributed by atoms with Crippen LogP contribution in [0.5, 0.6) is 5.75 Å². The van der Waals surface area contributed by atoms with Crippen LogP contribution >= 0.6 is 15.9 Å². The lowest BCUT2D eigenvalue weighted by atomic mass is 10.2. The first-order chi connectivity index (χ1) is 6.72. The number of methoxy groups -OCH3 is 1. The van der Waals surface area contributed by atoms with E-state index in [0.717, 1.165) is 9.86 Å². The molecule has 4 heteroatoms. The van der Waals surface area contributed by atoms with Crippen LogP contribution in [0.2, 0.25) is 0 Å². The molecule has 0 bridgehead atoms. The first-order valence-electron chi connectivity index (χ1n) is 3.99. The molecule has 0 radical (unpaired) electrons. The second kappa shape index (κ2) is 3.46. The molecule has 0 saturated heterocycles. The summed E-state index contributed by atoms with van der Waals surface area (Å²) in [6.45, 7) is 0. The van der Waals surface area contributed by atoms with E-state index >= 15 is 0 Å². The van der Waals surface area contributed by atoms with Crippen LogP contribution in [0.15, 0.2) is 37.9 Å². The number of halogens is 1. The number of rotatable bonds is 1. The van der Waals surface area contributed by atoms with Crippen LogP contribution in [-0.2, 0) is 0 Å². The quantitative estimate of drug-likeness (QED) is 0.735. The van der Waals surface area contributed by atoms with Gasteiger partial charge in [-0.1, -0.05) is 0 Å². The molecule has 3 nitrogen and oxygen atoms in total. The molecular weight excluding hydrogens is 248 g/mol. The lowest BCUT2D eigenvalue weighted by Gasteiger charge is -2.04. The van der Waals surface area contributed by atoms with Gasteiger partial charge in [0.2, 0.25) is 0 Å². The Morgan fingerprint density at radius 3 is 2.79 bits per heavy atom. The standard InChI is InChI=1S/C10H7BrO3/c1-13-8-4-3-7-6(10(8)11)2-5-9(12)14-7/h2-5H,1H3. The zero-order valence-corrected chi connectivity index (χ0v) is 9.00. The minimum absolute atomic E-state index is 0.352. The highest BCUT2D eigenvalue weighted by atomic mass is 79.9. The molecule has 1 aromatic heterocycles. The summed E-state index contributed by atoms with van der Waals surface area (Å²) in [6.07, 6.45) is 0. The van der Waals surface area contributed by atoms with E-state index in [1.807, 2.05) is 0 Å². The molecule has 2 aromatic rings. The normalized spacial score (nSPS) is 10.4. The third-order valence-electron chi connectivity index (χ3n) is 1.92. The van der Waals surface area contributed by atoms with Gasteiger partial charge in [-0.25, -0.2) is 4.79 Å². The van der Waals surface area contributed by atoms with Crippen molar-refractivity contribution in [2.75, 3.05) is 7.11 Å². The Hall–Kier alpha value is -1.29. The third-order valence-corrected chi connectivity index (χ3v) is 2.74. The highest BCUT2D eigenvalue weighted by Crippen LogP contribution is 2.31. The number of ether oxygens (including phenoxy) is 1. The van der Waals surface area contributed by atoms with Crippen LogP contribution in [0, 0.1) is 0 Å². The summed E-state index contributed by atoms with van der Waals surface area (Å²) in [5.74, 6) is 0.714. The van der Waals surface area contributed by atoms with Crippen LogP contribution in [0.1, 0.15) is 0 Å². The van der Waals surface area contributed by atoms with E-state index in [9.17, 15) is 4.79 Å². The Balaban J connectivity index is 2.84. The van der Waals surface area contributed by atoms with Crippen LogP contribution in [0.4, 0.5) is 0 Å². The van der Waals surface area contributed by atoms with E-state index in [4.69, 9.17) is 9.15 Å². The van der Waals surface area contributed by atoms with E-state index in [1.165, 1.54) is 6.07 Å². The van der Waals surface area contributed by atoms with Gasteiger partial charge in [-0.05, 0) is 34.1 Å². The molecule has 0 fully saturated rings. The highest BCUT2D eigenvalue weighted by molar-refractivity contribution is 9.10. The van der Waals surface area contributed by atoms with Gasteiger partial charge in [-0.15, -0.1) is 0 Å². The van der Waals surface area contributed by atoms with Crippen molar-refractivity contribution in [1.82, 2.24) is 0 Å². The molecule has 0 N–H and O–H groups in total. The second-order valence-electron chi connectivity index (χ2n) is 2.75. The molecule has 0 amide bonds. The Bertz CT molecular complexity index is 530. The summed E-state index contributed by atoms with van der Waals surface area (Å²) in [6, 6.07) is 6.54. The Morgan fingerprint density at radius 2 is 2.07 bits per heavy atom. The van der Waals surface area contributed by atoms with Crippen molar-refractivity contribution in [2.45, 2.75) is 0 Å². The minimum Gasteiger partial charge on any atom is -0.496 e. The maximum Gasteiger partial charge on any atom is 0.336 e. The molecule has 0 aliphatic heterocycles. The average molecular weight is 255 g/mol. The van der Waals surface area contributed by atoms with Crippen LogP contribution in [-0.4, -0.2) is 7.11 Å². The number of hydrogen-bond acceptors (Lipinski definition) is 3. The third kappa shape index (κ3) is 1.42. The van der Waals surface area contributed by atoms with Gasteiger partial charge in [0, 0.05) is 11.5 Å². The SMILES string of the molecule is COc1ccc2oc(=O)ccc2c1Br. The van der Waals surface area contributed by atoms with Crippen LogP contribution < -0.4 is 10.4 Å². The van der Waals surface area contributed by atoms with E-state index in [2.05, 4.69) is 15.9 Å². The topological polar surface area (TPSA) is 39.4 Å². The van der Waals surface area contributed by atoms with Gasteiger partial charge in [-0.3, -0.25) is 0 Å². The lowest BCUT2D eigenvalue weighted by molar-refractivity contribution is 0.412. The van der Waals surface area contributed by atoms with Crippen molar-refractivity contribution in [3.63, 3.8) is 0 Å². The van der Waals surface area contributed by atoms with E-state index in [1.54, 1.807) is 25.3 Å². The zero-order chi connectivity index (χ0) is 10.1. The molecule has 0 spiro atoms. The molecule has 0 atom stereocenters. The Morgan fingerprint density at radius 1 is 1.29 bits per heavy atom. The summed E-state index contributed by atoms with van der Waals surface area (Å²) in [5, 5.41) is 0.823. The molecule has 2 rings (SSSR count). The maximum absolute atomic E-state index is 10.9. The summed E-state index contributed by atoms with van der Waals surface area (Å²) >= 11 is 3.38. The molecule has 72 valence electrons. The fourth-order valence-corrected chi connectivity index (χ4v) is 1.87. The molecule has 0 saturated carbocycles. The molecule has 1 heterocycles. The first kappa shape index (κ1) is 9.27. The molecular formula is C10H7BrO3. The molecule has 1 aromatic carbocycles. The number of benzene rings is 1. The molecule has 0 aliphatic carbocycles. The summed E-state index contributed by atoms with van der Waals surface area (Å²) < 4.78 is 10.9. The summed E-state index contributed by atoms with van der Waals surface area (Å²) in [5.41, 5.74) is 0.194. The average Bonchev–Trinajstić information content (AvgIpc) is 2.18. The van der Waals surface area contributed by atoms with Crippen molar-refractivity contribution in [3.05, 3.63) is 39.2 Å². The van der Waals surface area contributed by atoms with E-state index < -0.39 is 0 Å². The summed E-state index contributed by atoms with van der Waals surface area (Å²) in [4.78, 5) is 10.9. The lowest BCUT2D eigenvalue weighted by Crippen LogP contribution is -1.95. The largest absolute Gasteiger partial charge is 0.496 e. The Labute approximate surface area is 88.4 Å². The van der Waals surface area contributed by atoms with Gasteiger partial charge < -0.3 is 9.15 Å². The zero-order valence-electron chi connectivity index (χ0n) is 7.41. The van der Waals surface area contributed by atoms with Gasteiger partial charge >= 0.3 is 5.63 Å². The van der Waals surface area contributed by atoms with Crippen LogP contribution in [0.25, 0.3) is 11.0 Å². The minimum atomic E-state index is -0.352. The van der Waals surface area contributed by atoms with Gasteiger partial charge in [0.25, 0.3) is 0 Å². The smallest absolute Gasteiger partial charge is 0.336 e. The number of hydrogen-bond donors (Lipinski definition) is 0. The van der Waals surface area contributed by atoms with Crippen molar-refractivity contribution in [3.8, 4) is 5.75 Å². The van der Waals surface area contributed by atoms with Crippen molar-refractivity contribution in [1.29, 1.82) is 0 Å². The van der Waals surface area contributed by atoms with Gasteiger partial charge in [-0.2, -0.15) is 0 Å². The predicted molar refractivity (Wildman–Crippen MR) is 56.7 cm³/mol. The first-order valence-corrected chi connectivity index (χ1v) is 4.78. The van der Waals surface area contributed by atoms with Gasteiger partial charge in [0.05, 0.1) is 11.6 Å². The van der Waals surface area contributed by atoms with Crippen molar-refractivity contribution in [2.24, 2.45) is 0 Å². The van der Waals surface area contributed by atoms with Crippen molar-refractivity contribution < 1.29 is 9.15 Å². The highest BCUT2D eigenvalue weighted by Gasteiger charge is 2.06. The van der Waals surface area contributed by atoms with Gasteiger partial charge in [0.15, 0.2) is 0 Å². The molecule has 0 aliphatic rings. The Kier molecular flexibility index (Phi) is 2.29. The van der Waals surface area contributed by atoms with Crippen molar-refractivity contribution >= 4 is 26.9 Å². The summed E-state index contributed by atoms with van der Waals surface area (Å²) in [7, 11) is 1.59. The monoisotopic (exact) mass is 254 g/mol. The second-order valence-corrected chi connectivity index (χ2v) is 3.54. The predicted octanol–water partition coefficient (Wildman–Crippen LogP) is 2.56. The van der Waals surface area contributed by atoms with Gasteiger partial charge in [0.1, 0.15) is 11.3 Å². The number of fused-ring (bicyclic) bond motifs is 1. The molecule has 0 unspecified atom stereocenters. The van der Waals surface area contributed by atoms with E-state index in [0.29, 0.717) is 11.3 Å².